The molecule has 8 heteroatoms. The lowest BCUT2D eigenvalue weighted by molar-refractivity contribution is -0.118. The Balaban J connectivity index is 1.39. The van der Waals surface area contributed by atoms with Gasteiger partial charge in [0.15, 0.2) is 12.4 Å². The third kappa shape index (κ3) is 3.69. The van der Waals surface area contributed by atoms with Crippen molar-refractivity contribution in [2.24, 2.45) is 0 Å². The molecule has 6 nitrogen and oxygen atoms in total. The molecule has 1 aromatic carbocycles. The lowest BCUT2D eigenvalue weighted by Gasteiger charge is -2.07. The fraction of sp³-hybridized carbons (Fsp3) is 0.235. The molecular weight excluding hydrogens is 345 g/mol. The summed E-state index contributed by atoms with van der Waals surface area (Å²) in [6.45, 7) is -0.182. The van der Waals surface area contributed by atoms with Crippen LogP contribution < -0.4 is 10.1 Å². The number of anilines is 1. The minimum Gasteiger partial charge on any atom is -0.484 e. The first-order chi connectivity index (χ1) is 12.2. The second-order valence-electron chi connectivity index (χ2n) is 5.69. The first kappa shape index (κ1) is 15.8. The van der Waals surface area contributed by atoms with Gasteiger partial charge in [-0.05, 0) is 48.6 Å². The predicted octanol–water partition coefficient (Wildman–Crippen LogP) is 3.83. The average Bonchev–Trinajstić information content (AvgIpc) is 3.16. The number of carbonyl (C=O) groups is 1. The molecule has 3 aromatic rings. The van der Waals surface area contributed by atoms with Gasteiger partial charge in [-0.3, -0.25) is 4.79 Å². The number of aromatic nitrogens is 2. The van der Waals surface area contributed by atoms with Crippen LogP contribution in [0.3, 0.4) is 0 Å². The molecule has 4 rings (SSSR count). The highest BCUT2D eigenvalue weighted by atomic mass is 32.1. The molecule has 0 spiro atoms. The molecule has 0 saturated heterocycles. The van der Waals surface area contributed by atoms with E-state index in [2.05, 4.69) is 15.5 Å². The van der Waals surface area contributed by atoms with Crippen molar-refractivity contribution in [3.8, 4) is 16.5 Å². The number of hydrogen-bond acceptors (Lipinski definition) is 6. The van der Waals surface area contributed by atoms with Gasteiger partial charge >= 0.3 is 0 Å². The summed E-state index contributed by atoms with van der Waals surface area (Å²) in [5, 5.41) is 8.60. The van der Waals surface area contributed by atoms with Gasteiger partial charge in [-0.25, -0.2) is 4.39 Å². The number of halogens is 1. The minimum absolute atomic E-state index is 0.182. The third-order valence-electron chi connectivity index (χ3n) is 3.70. The van der Waals surface area contributed by atoms with E-state index in [1.54, 1.807) is 6.07 Å². The molecule has 0 atom stereocenters. The Morgan fingerprint density at radius 3 is 2.88 bits per heavy atom. The molecule has 1 fully saturated rings. The van der Waals surface area contributed by atoms with Crippen LogP contribution in [0.15, 0.2) is 40.2 Å². The number of nitrogens with zero attached hydrogens (tertiary/aromatic N) is 2. The van der Waals surface area contributed by atoms with Crippen molar-refractivity contribution in [3.63, 3.8) is 0 Å². The first-order valence-corrected chi connectivity index (χ1v) is 8.67. The topological polar surface area (TPSA) is 77.2 Å². The highest BCUT2D eigenvalue weighted by Crippen LogP contribution is 2.40. The van der Waals surface area contributed by atoms with E-state index in [9.17, 15) is 9.18 Å². The van der Waals surface area contributed by atoms with Crippen molar-refractivity contribution >= 4 is 22.9 Å². The standard InChI is InChI=1S/C17H14FN3O3S/c18-11-3-5-12(6-4-11)23-9-14(22)19-13-7-8-25-15(13)17-20-16(21-24-17)10-1-2-10/h3-8,10H,1-2,9H2,(H,19,22). The summed E-state index contributed by atoms with van der Waals surface area (Å²) in [5.41, 5.74) is 0.601. The Bertz CT molecular complexity index is 887. The lowest BCUT2D eigenvalue weighted by atomic mass is 10.3. The van der Waals surface area contributed by atoms with E-state index >= 15 is 0 Å². The summed E-state index contributed by atoms with van der Waals surface area (Å²) < 4.78 is 23.5. The van der Waals surface area contributed by atoms with E-state index in [0.717, 1.165) is 23.5 Å². The number of hydrogen-bond donors (Lipinski definition) is 1. The molecule has 0 aliphatic heterocycles. The van der Waals surface area contributed by atoms with Gasteiger partial charge in [-0.15, -0.1) is 11.3 Å². The molecule has 2 heterocycles. The van der Waals surface area contributed by atoms with Gasteiger partial charge in [0.1, 0.15) is 16.4 Å². The van der Waals surface area contributed by atoms with Crippen molar-refractivity contribution < 1.29 is 18.4 Å². The average molecular weight is 359 g/mol. The molecule has 128 valence electrons. The highest BCUT2D eigenvalue weighted by Gasteiger charge is 2.29. The second-order valence-corrected chi connectivity index (χ2v) is 6.60. The van der Waals surface area contributed by atoms with E-state index in [1.807, 2.05) is 5.38 Å². The van der Waals surface area contributed by atoms with Crippen LogP contribution >= 0.6 is 11.3 Å². The van der Waals surface area contributed by atoms with Crippen LogP contribution in [0.25, 0.3) is 10.8 Å². The summed E-state index contributed by atoms with van der Waals surface area (Å²) in [5.74, 6) is 1.27. The van der Waals surface area contributed by atoms with Gasteiger partial charge < -0.3 is 14.6 Å². The number of nitrogens with one attached hydrogen (secondary N) is 1. The number of rotatable bonds is 6. The Labute approximate surface area is 146 Å². The summed E-state index contributed by atoms with van der Waals surface area (Å²) in [4.78, 5) is 17.2. The maximum Gasteiger partial charge on any atom is 0.270 e. The van der Waals surface area contributed by atoms with E-state index in [1.165, 1.54) is 35.6 Å². The summed E-state index contributed by atoms with van der Waals surface area (Å²) >= 11 is 1.41. The van der Waals surface area contributed by atoms with Gasteiger partial charge in [0.25, 0.3) is 11.8 Å². The number of benzene rings is 1. The van der Waals surface area contributed by atoms with E-state index in [4.69, 9.17) is 9.26 Å². The van der Waals surface area contributed by atoms with Crippen LogP contribution in [-0.2, 0) is 4.79 Å². The van der Waals surface area contributed by atoms with Crippen molar-refractivity contribution in [3.05, 3.63) is 47.4 Å². The minimum atomic E-state index is -0.357. The van der Waals surface area contributed by atoms with Gasteiger partial charge in [0.2, 0.25) is 0 Å². The normalized spacial score (nSPS) is 13.6. The Morgan fingerprint density at radius 1 is 1.32 bits per heavy atom. The molecule has 1 aliphatic rings. The van der Waals surface area contributed by atoms with Gasteiger partial charge in [0.05, 0.1) is 5.69 Å². The van der Waals surface area contributed by atoms with E-state index in [0.29, 0.717) is 23.2 Å². The summed E-state index contributed by atoms with van der Waals surface area (Å²) in [6, 6.07) is 7.26. The molecule has 1 saturated carbocycles. The smallest absolute Gasteiger partial charge is 0.270 e. The second kappa shape index (κ2) is 6.64. The maximum absolute atomic E-state index is 12.8. The van der Waals surface area contributed by atoms with Crippen molar-refractivity contribution in [2.45, 2.75) is 18.8 Å². The first-order valence-electron chi connectivity index (χ1n) is 7.79. The molecular formula is C17H14FN3O3S. The SMILES string of the molecule is O=C(COc1ccc(F)cc1)Nc1ccsc1-c1nc(C2CC2)no1. The van der Waals surface area contributed by atoms with Crippen LogP contribution in [0.5, 0.6) is 5.75 Å². The molecule has 0 radical (unpaired) electrons. The zero-order valence-corrected chi connectivity index (χ0v) is 13.9. The van der Waals surface area contributed by atoms with Crippen LogP contribution in [0, 0.1) is 5.82 Å². The fourth-order valence-electron chi connectivity index (χ4n) is 2.27. The Hall–Kier alpha value is -2.74. The van der Waals surface area contributed by atoms with Crippen molar-refractivity contribution in [1.29, 1.82) is 0 Å². The van der Waals surface area contributed by atoms with Crippen LogP contribution in [-0.4, -0.2) is 22.7 Å². The molecule has 0 bridgehead atoms. The number of amides is 1. The summed E-state index contributed by atoms with van der Waals surface area (Å²) in [6.07, 6.45) is 2.18. The van der Waals surface area contributed by atoms with Gasteiger partial charge in [-0.1, -0.05) is 5.16 Å². The fourth-order valence-corrected chi connectivity index (χ4v) is 3.04. The Morgan fingerprint density at radius 2 is 2.12 bits per heavy atom. The molecule has 1 aliphatic carbocycles. The monoisotopic (exact) mass is 359 g/mol. The Kier molecular flexibility index (Phi) is 4.19. The highest BCUT2D eigenvalue weighted by molar-refractivity contribution is 7.14. The molecule has 25 heavy (non-hydrogen) atoms. The van der Waals surface area contributed by atoms with E-state index in [-0.39, 0.29) is 18.3 Å². The molecule has 2 aromatic heterocycles. The summed E-state index contributed by atoms with van der Waals surface area (Å²) in [7, 11) is 0. The van der Waals surface area contributed by atoms with Crippen molar-refractivity contribution in [1.82, 2.24) is 10.1 Å². The number of ether oxygens (including phenoxy) is 1. The van der Waals surface area contributed by atoms with Crippen LogP contribution in [0.4, 0.5) is 10.1 Å². The molecule has 1 amide bonds. The molecule has 1 N–H and O–H groups in total. The lowest BCUT2D eigenvalue weighted by Crippen LogP contribution is -2.20. The van der Waals surface area contributed by atoms with Crippen LogP contribution in [0.2, 0.25) is 0 Å². The quantitative estimate of drug-likeness (QED) is 0.724. The predicted molar refractivity (Wildman–Crippen MR) is 90.1 cm³/mol. The zero-order chi connectivity index (χ0) is 17.2. The van der Waals surface area contributed by atoms with E-state index < -0.39 is 0 Å². The van der Waals surface area contributed by atoms with Crippen LogP contribution in [0.1, 0.15) is 24.6 Å². The maximum atomic E-state index is 12.8. The third-order valence-corrected chi connectivity index (χ3v) is 4.60. The zero-order valence-electron chi connectivity index (χ0n) is 13.1. The van der Waals surface area contributed by atoms with Crippen molar-refractivity contribution in [2.75, 3.05) is 11.9 Å². The molecule has 0 unspecified atom stereocenters. The number of thiophene rings is 1. The van der Waals surface area contributed by atoms with Gasteiger partial charge in [0, 0.05) is 5.92 Å². The van der Waals surface area contributed by atoms with Gasteiger partial charge in [-0.2, -0.15) is 4.98 Å². The largest absolute Gasteiger partial charge is 0.484 e. The number of carbonyl (C=O) groups excluding carboxylic acids is 1.